The molecule has 0 aromatic heterocycles. The molecule has 138 valence electrons. The first-order chi connectivity index (χ1) is 11.3. The van der Waals surface area contributed by atoms with Crippen LogP contribution in [0.25, 0.3) is 0 Å². The van der Waals surface area contributed by atoms with Gasteiger partial charge in [-0.1, -0.05) is 0 Å². The van der Waals surface area contributed by atoms with Crippen molar-refractivity contribution >= 4 is 21.7 Å². The van der Waals surface area contributed by atoms with Crippen LogP contribution in [0, 0.1) is 0 Å². The summed E-state index contributed by atoms with van der Waals surface area (Å²) in [6.07, 6.45) is 3.31. The van der Waals surface area contributed by atoms with E-state index in [1.807, 2.05) is 16.7 Å². The molecule has 0 radical (unpaired) electrons. The molecule has 0 saturated carbocycles. The number of piperidine rings is 1. The molecule has 0 spiro atoms. The first-order valence-electron chi connectivity index (χ1n) is 8.80. The Morgan fingerprint density at radius 2 is 1.79 bits per heavy atom. The minimum absolute atomic E-state index is 0.0500. The van der Waals surface area contributed by atoms with Gasteiger partial charge in [0.25, 0.3) is 0 Å². The van der Waals surface area contributed by atoms with Crippen molar-refractivity contribution in [2.24, 2.45) is 4.99 Å². The standard InChI is InChI=1S/C16H30N4O3S/c1-4-17-15(18-12-14(21)19-8-6-5-7-9-19)20-10-11-24(22,23)16(2,3)13-20/h4-13H2,1-3H3,(H,17,18). The summed E-state index contributed by atoms with van der Waals surface area (Å²) >= 11 is 0. The van der Waals surface area contributed by atoms with E-state index in [9.17, 15) is 13.2 Å². The van der Waals surface area contributed by atoms with Gasteiger partial charge in [0.15, 0.2) is 15.8 Å². The fourth-order valence-corrected chi connectivity index (χ4v) is 4.50. The van der Waals surface area contributed by atoms with Gasteiger partial charge in [0.2, 0.25) is 5.91 Å². The maximum absolute atomic E-state index is 12.3. The van der Waals surface area contributed by atoms with Crippen LogP contribution in [0.2, 0.25) is 0 Å². The Kier molecular flexibility index (Phi) is 6.11. The van der Waals surface area contributed by atoms with Crippen LogP contribution in [-0.4, -0.2) is 79.9 Å². The fourth-order valence-electron chi connectivity index (χ4n) is 3.14. The van der Waals surface area contributed by atoms with E-state index in [4.69, 9.17) is 0 Å². The highest BCUT2D eigenvalue weighted by atomic mass is 32.2. The van der Waals surface area contributed by atoms with Crippen LogP contribution in [-0.2, 0) is 14.6 Å². The summed E-state index contributed by atoms with van der Waals surface area (Å²) in [6, 6.07) is 0. The number of sulfone groups is 1. The Labute approximate surface area is 145 Å². The summed E-state index contributed by atoms with van der Waals surface area (Å²) in [5.41, 5.74) is 0. The molecular weight excluding hydrogens is 328 g/mol. The van der Waals surface area contributed by atoms with Crippen LogP contribution in [0.5, 0.6) is 0 Å². The van der Waals surface area contributed by atoms with Crippen LogP contribution < -0.4 is 5.32 Å². The number of nitrogens with zero attached hydrogens (tertiary/aromatic N) is 3. The maximum Gasteiger partial charge on any atom is 0.244 e. The first-order valence-corrected chi connectivity index (χ1v) is 10.5. The highest BCUT2D eigenvalue weighted by Gasteiger charge is 2.41. The number of hydrogen-bond acceptors (Lipinski definition) is 4. The molecule has 1 amide bonds. The third-order valence-electron chi connectivity index (χ3n) is 4.75. The number of amides is 1. The highest BCUT2D eigenvalue weighted by Crippen LogP contribution is 2.23. The molecule has 2 rings (SSSR count). The van der Waals surface area contributed by atoms with Gasteiger partial charge in [-0.2, -0.15) is 0 Å². The Morgan fingerprint density at radius 3 is 2.38 bits per heavy atom. The summed E-state index contributed by atoms with van der Waals surface area (Å²) in [4.78, 5) is 20.6. The quantitative estimate of drug-likeness (QED) is 0.586. The summed E-state index contributed by atoms with van der Waals surface area (Å²) in [7, 11) is -3.09. The van der Waals surface area contributed by atoms with Crippen molar-refractivity contribution in [2.45, 2.75) is 44.8 Å². The van der Waals surface area contributed by atoms with Crippen molar-refractivity contribution in [3.63, 3.8) is 0 Å². The van der Waals surface area contributed by atoms with Gasteiger partial charge in [0.1, 0.15) is 6.54 Å². The number of likely N-dealkylation sites (tertiary alicyclic amines) is 1. The van der Waals surface area contributed by atoms with Crippen molar-refractivity contribution < 1.29 is 13.2 Å². The fraction of sp³-hybridized carbons (Fsp3) is 0.875. The maximum atomic E-state index is 12.3. The Balaban J connectivity index is 2.04. The van der Waals surface area contributed by atoms with E-state index in [-0.39, 0.29) is 18.2 Å². The van der Waals surface area contributed by atoms with Gasteiger partial charge in [-0.15, -0.1) is 0 Å². The van der Waals surface area contributed by atoms with Crippen LogP contribution in [0.15, 0.2) is 4.99 Å². The van der Waals surface area contributed by atoms with Crippen molar-refractivity contribution in [3.05, 3.63) is 0 Å². The molecule has 2 aliphatic heterocycles. The van der Waals surface area contributed by atoms with Gasteiger partial charge in [-0.05, 0) is 40.0 Å². The second-order valence-corrected chi connectivity index (χ2v) is 9.85. The molecule has 2 saturated heterocycles. The first kappa shape index (κ1) is 19.0. The second-order valence-electron chi connectivity index (χ2n) is 7.11. The summed E-state index contributed by atoms with van der Waals surface area (Å²) in [5, 5.41) is 3.19. The molecule has 0 aromatic carbocycles. The van der Waals surface area contributed by atoms with Gasteiger partial charge >= 0.3 is 0 Å². The molecule has 0 bridgehead atoms. The zero-order valence-corrected chi connectivity index (χ0v) is 15.9. The van der Waals surface area contributed by atoms with Gasteiger partial charge in [-0.25, -0.2) is 13.4 Å². The lowest BCUT2D eigenvalue weighted by molar-refractivity contribution is -0.130. The van der Waals surface area contributed by atoms with Crippen LogP contribution in [0.1, 0.15) is 40.0 Å². The lowest BCUT2D eigenvalue weighted by Gasteiger charge is -2.39. The number of hydrogen-bond donors (Lipinski definition) is 1. The van der Waals surface area contributed by atoms with Crippen LogP contribution >= 0.6 is 0 Å². The van der Waals surface area contributed by atoms with Crippen molar-refractivity contribution in [1.29, 1.82) is 0 Å². The molecule has 2 fully saturated rings. The number of carbonyl (C=O) groups excluding carboxylic acids is 1. The minimum Gasteiger partial charge on any atom is -0.357 e. The smallest absolute Gasteiger partial charge is 0.244 e. The molecule has 24 heavy (non-hydrogen) atoms. The van der Waals surface area contributed by atoms with Crippen molar-refractivity contribution in [1.82, 2.24) is 15.1 Å². The molecule has 1 N–H and O–H groups in total. The molecule has 7 nitrogen and oxygen atoms in total. The van der Waals surface area contributed by atoms with Gasteiger partial charge in [0, 0.05) is 32.7 Å². The Bertz CT molecular complexity index is 580. The van der Waals surface area contributed by atoms with Gasteiger partial charge in [-0.3, -0.25) is 4.79 Å². The van der Waals surface area contributed by atoms with Crippen molar-refractivity contribution in [3.8, 4) is 0 Å². The Morgan fingerprint density at radius 1 is 1.12 bits per heavy atom. The molecule has 8 heteroatoms. The van der Waals surface area contributed by atoms with Crippen molar-refractivity contribution in [2.75, 3.05) is 45.0 Å². The monoisotopic (exact) mass is 358 g/mol. The predicted molar refractivity (Wildman–Crippen MR) is 95.8 cm³/mol. The van der Waals surface area contributed by atoms with E-state index in [0.717, 1.165) is 25.9 Å². The van der Waals surface area contributed by atoms with Crippen LogP contribution in [0.4, 0.5) is 0 Å². The lowest BCUT2D eigenvalue weighted by Crippen LogP contribution is -2.57. The predicted octanol–water partition coefficient (Wildman–Crippen LogP) is 0.473. The van der Waals surface area contributed by atoms with Gasteiger partial charge < -0.3 is 15.1 Å². The molecular formula is C16H30N4O3S. The molecule has 0 atom stereocenters. The van der Waals surface area contributed by atoms with E-state index >= 15 is 0 Å². The average molecular weight is 359 g/mol. The molecule has 0 aromatic rings. The van der Waals surface area contributed by atoms with E-state index in [1.165, 1.54) is 6.42 Å². The zero-order chi connectivity index (χ0) is 17.8. The van der Waals surface area contributed by atoms with E-state index in [2.05, 4.69) is 10.3 Å². The van der Waals surface area contributed by atoms with Crippen LogP contribution in [0.3, 0.4) is 0 Å². The molecule has 0 aliphatic carbocycles. The van der Waals surface area contributed by atoms with Gasteiger partial charge in [0.05, 0.1) is 10.5 Å². The summed E-state index contributed by atoms with van der Waals surface area (Å²) in [6.45, 7) is 8.70. The minimum atomic E-state index is -3.09. The lowest BCUT2D eigenvalue weighted by atomic mass is 10.1. The SMILES string of the molecule is CCNC(=NCC(=O)N1CCCCC1)N1CCS(=O)(=O)C(C)(C)C1. The average Bonchev–Trinajstić information content (AvgIpc) is 2.54. The molecule has 0 unspecified atom stereocenters. The summed E-state index contributed by atoms with van der Waals surface area (Å²) < 4.78 is 23.5. The molecule has 2 heterocycles. The van der Waals surface area contributed by atoms with E-state index in [0.29, 0.717) is 25.6 Å². The normalized spacial score (nSPS) is 23.9. The third kappa shape index (κ3) is 4.40. The topological polar surface area (TPSA) is 82.1 Å². The molecule has 2 aliphatic rings. The zero-order valence-electron chi connectivity index (χ0n) is 15.0. The number of nitrogens with one attached hydrogen (secondary N) is 1. The number of rotatable bonds is 3. The Hall–Kier alpha value is -1.31. The number of aliphatic imine (C=N–C) groups is 1. The highest BCUT2D eigenvalue weighted by molar-refractivity contribution is 7.92. The second kappa shape index (κ2) is 7.72. The van der Waals surface area contributed by atoms with E-state index in [1.54, 1.807) is 13.8 Å². The van der Waals surface area contributed by atoms with E-state index < -0.39 is 14.6 Å². The number of carbonyl (C=O) groups is 1. The summed E-state index contributed by atoms with van der Waals surface area (Å²) in [5.74, 6) is 0.796. The number of guanidine groups is 1. The third-order valence-corrected chi connectivity index (χ3v) is 7.28. The largest absolute Gasteiger partial charge is 0.357 e.